The van der Waals surface area contributed by atoms with Gasteiger partial charge in [0.2, 0.25) is 0 Å². The average Bonchev–Trinajstić information content (AvgIpc) is 1.88. The molecular formula is C5H14N2O2S. The maximum atomic E-state index is 10.2. The average molecular weight is 166 g/mol. The summed E-state index contributed by atoms with van der Waals surface area (Å²) in [6.45, 7) is 0.616. The third-order valence-corrected chi connectivity index (χ3v) is 1.96. The first-order chi connectivity index (χ1) is 4.68. The van der Waals surface area contributed by atoms with Crippen LogP contribution in [0.3, 0.4) is 0 Å². The van der Waals surface area contributed by atoms with Crippen molar-refractivity contribution in [2.75, 3.05) is 6.54 Å². The maximum absolute atomic E-state index is 10.2. The van der Waals surface area contributed by atoms with Crippen LogP contribution in [0.2, 0.25) is 0 Å². The minimum Gasteiger partial charge on any atom is -0.330 e. The van der Waals surface area contributed by atoms with E-state index >= 15 is 0 Å². The Labute approximate surface area is 63.3 Å². The van der Waals surface area contributed by atoms with E-state index in [1.807, 2.05) is 0 Å². The molecule has 0 aliphatic rings. The van der Waals surface area contributed by atoms with Crippen LogP contribution in [-0.4, -0.2) is 20.7 Å². The predicted octanol–water partition coefficient (Wildman–Crippen LogP) is -0.378. The fourth-order valence-electron chi connectivity index (χ4n) is 0.591. The lowest BCUT2D eigenvalue weighted by Gasteiger charge is -2.04. The van der Waals surface area contributed by atoms with E-state index in [9.17, 15) is 4.21 Å². The quantitative estimate of drug-likeness (QED) is 0.384. The molecule has 0 spiro atoms. The molecule has 0 aromatic heterocycles. The number of hydrogen-bond donors (Lipinski definition) is 3. The highest BCUT2D eigenvalue weighted by molar-refractivity contribution is 7.79. The number of unbranched alkanes of at least 4 members (excludes halogenated alkanes) is 1. The van der Waals surface area contributed by atoms with Gasteiger partial charge >= 0.3 is 0 Å². The minimum atomic E-state index is -1.88. The molecule has 4 nitrogen and oxygen atoms in total. The highest BCUT2D eigenvalue weighted by Crippen LogP contribution is 1.99. The first-order valence-corrected chi connectivity index (χ1v) is 4.40. The van der Waals surface area contributed by atoms with Crippen molar-refractivity contribution in [1.29, 1.82) is 0 Å². The van der Waals surface area contributed by atoms with Crippen LogP contribution in [0.25, 0.3) is 0 Å². The zero-order valence-corrected chi connectivity index (χ0v) is 6.64. The molecule has 2 atom stereocenters. The Morgan fingerprint density at radius 2 is 2.10 bits per heavy atom. The highest BCUT2D eigenvalue weighted by Gasteiger charge is 2.06. The lowest BCUT2D eigenvalue weighted by Crippen LogP contribution is -2.25. The molecule has 0 radical (unpaired) electrons. The summed E-state index contributed by atoms with van der Waals surface area (Å²) < 4.78 is 18.7. The first kappa shape index (κ1) is 10.0. The Bertz CT molecular complexity index is 110. The van der Waals surface area contributed by atoms with Crippen LogP contribution in [0, 0.1) is 0 Å². The van der Waals surface area contributed by atoms with Crippen molar-refractivity contribution in [3.8, 4) is 0 Å². The molecule has 0 saturated carbocycles. The summed E-state index contributed by atoms with van der Waals surface area (Å²) in [4.78, 5) is 0. The fourth-order valence-corrected chi connectivity index (χ4v) is 0.959. The smallest absolute Gasteiger partial charge is 0.170 e. The third-order valence-electron chi connectivity index (χ3n) is 1.20. The highest BCUT2D eigenvalue weighted by atomic mass is 32.2. The normalized spacial score (nSPS) is 16.7. The SMILES string of the molecule is NCCCC[C@H](N)S(=O)O. The third kappa shape index (κ3) is 4.87. The summed E-state index contributed by atoms with van der Waals surface area (Å²) in [5.41, 5.74) is 10.5. The van der Waals surface area contributed by atoms with Gasteiger partial charge in [0.15, 0.2) is 11.1 Å². The Morgan fingerprint density at radius 3 is 2.50 bits per heavy atom. The summed E-state index contributed by atoms with van der Waals surface area (Å²) >= 11 is -1.88. The zero-order chi connectivity index (χ0) is 7.98. The molecule has 0 aromatic carbocycles. The van der Waals surface area contributed by atoms with Crippen molar-refractivity contribution in [2.45, 2.75) is 24.6 Å². The first-order valence-electron chi connectivity index (χ1n) is 3.23. The monoisotopic (exact) mass is 166 g/mol. The van der Waals surface area contributed by atoms with Gasteiger partial charge in [-0.15, -0.1) is 0 Å². The summed E-state index contributed by atoms with van der Waals surface area (Å²) in [5.74, 6) is 0. The van der Waals surface area contributed by atoms with Gasteiger partial charge in [0, 0.05) is 0 Å². The fraction of sp³-hybridized carbons (Fsp3) is 1.00. The number of nitrogens with two attached hydrogens (primary N) is 2. The van der Waals surface area contributed by atoms with Crippen LogP contribution in [-0.2, 0) is 11.1 Å². The molecule has 5 N–H and O–H groups in total. The Balaban J connectivity index is 3.21. The Hall–Kier alpha value is 0.0300. The van der Waals surface area contributed by atoms with Crippen LogP contribution >= 0.6 is 0 Å². The second kappa shape index (κ2) is 5.79. The molecule has 0 amide bonds. The molecule has 0 aliphatic heterocycles. The van der Waals surface area contributed by atoms with Crippen LogP contribution in [0.5, 0.6) is 0 Å². The van der Waals surface area contributed by atoms with Crippen LogP contribution < -0.4 is 11.5 Å². The maximum Gasteiger partial charge on any atom is 0.170 e. The minimum absolute atomic E-state index is 0.570. The molecule has 62 valence electrons. The predicted molar refractivity (Wildman–Crippen MR) is 41.7 cm³/mol. The van der Waals surface area contributed by atoms with Crippen molar-refractivity contribution >= 4 is 11.1 Å². The molecule has 0 rings (SSSR count). The molecule has 10 heavy (non-hydrogen) atoms. The van der Waals surface area contributed by atoms with E-state index in [0.29, 0.717) is 13.0 Å². The van der Waals surface area contributed by atoms with Crippen molar-refractivity contribution in [3.63, 3.8) is 0 Å². The van der Waals surface area contributed by atoms with Gasteiger partial charge in [-0.2, -0.15) is 0 Å². The van der Waals surface area contributed by atoms with Gasteiger partial charge in [0.05, 0.1) is 0 Å². The van der Waals surface area contributed by atoms with Gasteiger partial charge in [-0.3, -0.25) is 0 Å². The van der Waals surface area contributed by atoms with Gasteiger partial charge in [0.25, 0.3) is 0 Å². The van der Waals surface area contributed by atoms with E-state index in [2.05, 4.69) is 0 Å². The molecule has 0 fully saturated rings. The largest absolute Gasteiger partial charge is 0.330 e. The van der Waals surface area contributed by atoms with E-state index in [4.69, 9.17) is 16.0 Å². The van der Waals surface area contributed by atoms with E-state index in [0.717, 1.165) is 12.8 Å². The number of hydrogen-bond acceptors (Lipinski definition) is 3. The number of rotatable bonds is 5. The molecule has 0 aliphatic carbocycles. The van der Waals surface area contributed by atoms with E-state index in [1.165, 1.54) is 0 Å². The second-order valence-corrected chi connectivity index (χ2v) is 3.26. The standard InChI is InChI=1S/C5H14N2O2S/c6-4-2-1-3-5(7)10(8)9/h5H,1-4,6-7H2,(H,8,9)/t5-/m1/s1. The molecule has 5 heteroatoms. The van der Waals surface area contributed by atoms with Crippen molar-refractivity contribution < 1.29 is 8.76 Å². The summed E-state index contributed by atoms with van der Waals surface area (Å²) in [6.07, 6.45) is 2.26. The summed E-state index contributed by atoms with van der Waals surface area (Å²) in [7, 11) is 0. The lowest BCUT2D eigenvalue weighted by molar-refractivity contribution is 0.535. The topological polar surface area (TPSA) is 89.3 Å². The van der Waals surface area contributed by atoms with E-state index in [-0.39, 0.29) is 0 Å². The van der Waals surface area contributed by atoms with E-state index < -0.39 is 16.5 Å². The Kier molecular flexibility index (Phi) is 5.81. The zero-order valence-electron chi connectivity index (χ0n) is 5.82. The van der Waals surface area contributed by atoms with Crippen molar-refractivity contribution in [3.05, 3.63) is 0 Å². The molecule has 0 saturated heterocycles. The van der Waals surface area contributed by atoms with Crippen LogP contribution in [0.15, 0.2) is 0 Å². The molecular weight excluding hydrogens is 152 g/mol. The van der Waals surface area contributed by atoms with Gasteiger partial charge in [-0.05, 0) is 25.8 Å². The summed E-state index contributed by atoms with van der Waals surface area (Å²) in [6, 6.07) is 0. The molecule has 0 bridgehead atoms. The van der Waals surface area contributed by atoms with E-state index in [1.54, 1.807) is 0 Å². The van der Waals surface area contributed by atoms with Crippen LogP contribution in [0.1, 0.15) is 19.3 Å². The molecule has 0 heterocycles. The van der Waals surface area contributed by atoms with Gasteiger partial charge in [-0.25, -0.2) is 4.21 Å². The second-order valence-electron chi connectivity index (χ2n) is 2.10. The molecule has 1 unspecified atom stereocenters. The van der Waals surface area contributed by atoms with Crippen molar-refractivity contribution in [1.82, 2.24) is 0 Å². The van der Waals surface area contributed by atoms with Crippen LogP contribution in [0.4, 0.5) is 0 Å². The summed E-state index contributed by atoms with van der Waals surface area (Å²) in [5, 5.41) is -0.605. The molecule has 0 aromatic rings. The van der Waals surface area contributed by atoms with Gasteiger partial charge in [0.1, 0.15) is 5.37 Å². The van der Waals surface area contributed by atoms with Crippen molar-refractivity contribution in [2.24, 2.45) is 11.5 Å². The Morgan fingerprint density at radius 1 is 1.50 bits per heavy atom. The van der Waals surface area contributed by atoms with Gasteiger partial charge < -0.3 is 16.0 Å². The lowest BCUT2D eigenvalue weighted by atomic mass is 10.2. The van der Waals surface area contributed by atoms with Gasteiger partial charge in [-0.1, -0.05) is 0 Å².